The quantitative estimate of drug-likeness (QED) is 0.771. The van der Waals surface area contributed by atoms with Crippen LogP contribution >= 0.6 is 12.6 Å². The Labute approximate surface area is 128 Å². The highest BCUT2D eigenvalue weighted by atomic mass is 32.1. The van der Waals surface area contributed by atoms with Crippen LogP contribution in [0.5, 0.6) is 0 Å². The van der Waals surface area contributed by atoms with Crippen molar-refractivity contribution >= 4 is 12.6 Å². The monoisotopic (exact) mass is 290 g/mol. The zero-order valence-electron chi connectivity index (χ0n) is 12.3. The lowest BCUT2D eigenvalue weighted by atomic mass is 9.76. The zero-order valence-corrected chi connectivity index (χ0v) is 13.2. The topological polar surface area (TPSA) is 9.23 Å². The summed E-state index contributed by atoms with van der Waals surface area (Å²) >= 11 is 4.62. The highest BCUT2D eigenvalue weighted by Crippen LogP contribution is 2.40. The van der Waals surface area contributed by atoms with Gasteiger partial charge in [0.05, 0.1) is 12.7 Å². The van der Waals surface area contributed by atoms with Gasteiger partial charge in [0.1, 0.15) is 0 Å². The summed E-state index contributed by atoms with van der Waals surface area (Å²) in [4.78, 5) is 0. The minimum atomic E-state index is 0.318. The third-order valence-electron chi connectivity index (χ3n) is 5.15. The molecule has 0 spiro atoms. The molecule has 3 rings (SSSR count). The van der Waals surface area contributed by atoms with E-state index < -0.39 is 0 Å². The van der Waals surface area contributed by atoms with Gasteiger partial charge < -0.3 is 4.74 Å². The van der Waals surface area contributed by atoms with Crippen LogP contribution in [-0.2, 0) is 11.2 Å². The van der Waals surface area contributed by atoms with E-state index in [9.17, 15) is 0 Å². The van der Waals surface area contributed by atoms with E-state index in [1.807, 2.05) is 0 Å². The highest BCUT2D eigenvalue weighted by Gasteiger charge is 2.32. The number of thiol groups is 1. The number of benzene rings is 1. The summed E-state index contributed by atoms with van der Waals surface area (Å²) in [5, 5.41) is 0. The number of hydrogen-bond donors (Lipinski definition) is 1. The first-order chi connectivity index (χ1) is 9.83. The fraction of sp³-hybridized carbons (Fsp3) is 0.667. The van der Waals surface area contributed by atoms with Crippen LogP contribution in [0.15, 0.2) is 24.3 Å². The first kappa shape index (κ1) is 14.5. The van der Waals surface area contributed by atoms with E-state index in [4.69, 9.17) is 4.74 Å². The number of hydrogen-bond acceptors (Lipinski definition) is 2. The number of ether oxygens (including phenoxy) is 1. The molecule has 1 nitrogen and oxygen atoms in total. The molecule has 0 N–H and O–H groups in total. The van der Waals surface area contributed by atoms with Gasteiger partial charge in [-0.1, -0.05) is 43.5 Å². The zero-order chi connectivity index (χ0) is 13.8. The van der Waals surface area contributed by atoms with Gasteiger partial charge in [0, 0.05) is 5.41 Å². The number of rotatable bonds is 4. The third-order valence-corrected chi connectivity index (χ3v) is 5.83. The molecule has 2 aliphatic rings. The molecule has 110 valence electrons. The Kier molecular flexibility index (Phi) is 4.72. The highest BCUT2D eigenvalue weighted by molar-refractivity contribution is 7.80. The molecule has 1 aromatic carbocycles. The van der Waals surface area contributed by atoms with Crippen molar-refractivity contribution in [3.05, 3.63) is 35.4 Å². The van der Waals surface area contributed by atoms with Crippen LogP contribution < -0.4 is 0 Å². The van der Waals surface area contributed by atoms with Crippen molar-refractivity contribution in [1.29, 1.82) is 0 Å². The summed E-state index contributed by atoms with van der Waals surface area (Å²) in [7, 11) is 0. The van der Waals surface area contributed by atoms with Gasteiger partial charge in [-0.25, -0.2) is 0 Å². The second-order valence-electron chi connectivity index (χ2n) is 6.61. The Morgan fingerprint density at radius 2 is 1.90 bits per heavy atom. The molecule has 20 heavy (non-hydrogen) atoms. The van der Waals surface area contributed by atoms with E-state index in [2.05, 4.69) is 36.9 Å². The van der Waals surface area contributed by atoms with Gasteiger partial charge in [-0.05, 0) is 49.0 Å². The Hall–Kier alpha value is -0.470. The van der Waals surface area contributed by atoms with E-state index in [0.29, 0.717) is 11.5 Å². The Morgan fingerprint density at radius 1 is 1.10 bits per heavy atom. The Morgan fingerprint density at radius 3 is 2.70 bits per heavy atom. The second-order valence-corrected chi connectivity index (χ2v) is 6.93. The van der Waals surface area contributed by atoms with Crippen LogP contribution in [0.25, 0.3) is 0 Å². The predicted octanol–water partition coefficient (Wildman–Crippen LogP) is 4.96. The van der Waals surface area contributed by atoms with Crippen molar-refractivity contribution < 1.29 is 4.74 Å². The summed E-state index contributed by atoms with van der Waals surface area (Å²) in [6, 6.07) is 8.82. The van der Waals surface area contributed by atoms with Crippen LogP contribution in [0.2, 0.25) is 0 Å². The van der Waals surface area contributed by atoms with Crippen LogP contribution in [0.4, 0.5) is 0 Å². The molecule has 0 heterocycles. The molecule has 1 aromatic rings. The van der Waals surface area contributed by atoms with E-state index in [1.54, 1.807) is 0 Å². The minimum absolute atomic E-state index is 0.318. The van der Waals surface area contributed by atoms with Crippen molar-refractivity contribution in [1.82, 2.24) is 0 Å². The molecule has 1 saturated carbocycles. The maximum atomic E-state index is 6.39. The third kappa shape index (κ3) is 3.07. The molecule has 1 atom stereocenters. The molecule has 0 bridgehead atoms. The van der Waals surface area contributed by atoms with Crippen LogP contribution in [0.3, 0.4) is 0 Å². The molecule has 0 amide bonds. The molecule has 0 aromatic heterocycles. The molecular formula is C18H26OS. The summed E-state index contributed by atoms with van der Waals surface area (Å²) in [5.74, 6) is 0.974. The largest absolute Gasteiger partial charge is 0.373 e. The van der Waals surface area contributed by atoms with Crippen molar-refractivity contribution in [3.63, 3.8) is 0 Å². The Bertz CT molecular complexity index is 437. The SMILES string of the molecule is SCC1(COC2CCCc3ccccc32)CCCCC1. The second kappa shape index (κ2) is 6.53. The van der Waals surface area contributed by atoms with Gasteiger partial charge >= 0.3 is 0 Å². The standard InChI is InChI=1S/C18H26OS/c20-14-18(11-4-1-5-12-18)13-19-17-10-6-8-15-7-2-3-9-16(15)17/h2-3,7,9,17,20H,1,4-6,8,10-14H2. The molecule has 0 saturated heterocycles. The average molecular weight is 290 g/mol. The van der Waals surface area contributed by atoms with Crippen LogP contribution in [0.1, 0.15) is 62.2 Å². The van der Waals surface area contributed by atoms with Gasteiger partial charge in [-0.2, -0.15) is 12.6 Å². The lowest BCUT2D eigenvalue weighted by molar-refractivity contribution is -0.0236. The van der Waals surface area contributed by atoms with Gasteiger partial charge in [-0.3, -0.25) is 0 Å². The predicted molar refractivity (Wildman–Crippen MR) is 87.4 cm³/mol. The van der Waals surface area contributed by atoms with Gasteiger partial charge in [0.25, 0.3) is 0 Å². The number of fused-ring (bicyclic) bond motifs is 1. The molecule has 0 aliphatic heterocycles. The molecule has 2 heteroatoms. The first-order valence-corrected chi connectivity index (χ1v) is 8.77. The summed E-state index contributed by atoms with van der Waals surface area (Å²) in [6.45, 7) is 0.898. The van der Waals surface area contributed by atoms with Gasteiger partial charge in [-0.15, -0.1) is 0 Å². The van der Waals surface area contributed by atoms with Gasteiger partial charge in [0.15, 0.2) is 0 Å². The molecule has 1 unspecified atom stereocenters. The van der Waals surface area contributed by atoms with Crippen LogP contribution in [-0.4, -0.2) is 12.4 Å². The maximum absolute atomic E-state index is 6.39. The number of aryl methyl sites for hydroxylation is 1. The van der Waals surface area contributed by atoms with Crippen LogP contribution in [0, 0.1) is 5.41 Å². The molecule has 0 radical (unpaired) electrons. The fourth-order valence-corrected chi connectivity index (χ4v) is 4.22. The van der Waals surface area contributed by atoms with Crippen molar-refractivity contribution in [2.75, 3.05) is 12.4 Å². The summed E-state index contributed by atoms with van der Waals surface area (Å²) in [5.41, 5.74) is 3.27. The van der Waals surface area contributed by atoms with Crippen molar-refractivity contribution in [2.24, 2.45) is 5.41 Å². The molecule has 1 fully saturated rings. The molecule has 2 aliphatic carbocycles. The Balaban J connectivity index is 1.66. The minimum Gasteiger partial charge on any atom is -0.373 e. The van der Waals surface area contributed by atoms with E-state index in [0.717, 1.165) is 12.4 Å². The lowest BCUT2D eigenvalue weighted by Gasteiger charge is -2.37. The molecular weight excluding hydrogens is 264 g/mol. The maximum Gasteiger partial charge on any atom is 0.0828 e. The van der Waals surface area contributed by atoms with Crippen molar-refractivity contribution in [2.45, 2.75) is 57.5 Å². The van der Waals surface area contributed by atoms with E-state index >= 15 is 0 Å². The fourth-order valence-electron chi connectivity index (χ4n) is 3.81. The first-order valence-electron chi connectivity index (χ1n) is 8.13. The summed E-state index contributed by atoms with van der Waals surface area (Å²) < 4.78 is 6.39. The summed E-state index contributed by atoms with van der Waals surface area (Å²) in [6.07, 6.45) is 10.7. The van der Waals surface area contributed by atoms with Gasteiger partial charge in [0.2, 0.25) is 0 Å². The van der Waals surface area contributed by atoms with Crippen molar-refractivity contribution in [3.8, 4) is 0 Å². The normalized spacial score (nSPS) is 25.1. The van der Waals surface area contributed by atoms with E-state index in [1.165, 1.54) is 62.5 Å². The smallest absolute Gasteiger partial charge is 0.0828 e. The average Bonchev–Trinajstić information content (AvgIpc) is 2.54. The lowest BCUT2D eigenvalue weighted by Crippen LogP contribution is -2.32. The van der Waals surface area contributed by atoms with E-state index in [-0.39, 0.29) is 0 Å².